The van der Waals surface area contributed by atoms with Crippen molar-refractivity contribution in [1.82, 2.24) is 0 Å². The van der Waals surface area contributed by atoms with E-state index in [1.165, 1.54) is 18.2 Å². The molecule has 0 saturated heterocycles. The monoisotopic (exact) mass is 445 g/mol. The van der Waals surface area contributed by atoms with E-state index >= 15 is 0 Å². The minimum atomic E-state index is -1.06. The van der Waals surface area contributed by atoms with E-state index in [-0.39, 0.29) is 6.79 Å². The fraction of sp³-hybridized carbons (Fsp3) is 0.304. The Morgan fingerprint density at radius 3 is 2.69 bits per heavy atom. The second-order valence-electron chi connectivity index (χ2n) is 7.96. The molecule has 1 aliphatic rings. The molecule has 3 rings (SSSR count). The topological polar surface area (TPSA) is 114 Å². The molecule has 0 aliphatic carbocycles. The van der Waals surface area contributed by atoms with Gasteiger partial charge in [0.15, 0.2) is 23.1 Å². The highest BCUT2D eigenvalue weighted by Gasteiger charge is 2.34. The van der Waals surface area contributed by atoms with Crippen LogP contribution >= 0.6 is 0 Å². The number of halogens is 1. The molecule has 170 valence electrons. The third kappa shape index (κ3) is 5.69. The zero-order valence-electron chi connectivity index (χ0n) is 17.6. The minimum absolute atomic E-state index is 0.0994. The van der Waals surface area contributed by atoms with Gasteiger partial charge in [0.1, 0.15) is 6.10 Å². The van der Waals surface area contributed by atoms with Crippen LogP contribution in [-0.2, 0) is 9.53 Å². The number of allylic oxidation sites excluding steroid dienone is 1. The van der Waals surface area contributed by atoms with Gasteiger partial charge in [-0.2, -0.15) is 0 Å². The van der Waals surface area contributed by atoms with E-state index in [1.54, 1.807) is 18.2 Å². The lowest BCUT2D eigenvalue weighted by Gasteiger charge is -2.34. The van der Waals surface area contributed by atoms with Gasteiger partial charge in [0.25, 0.3) is 0 Å². The summed E-state index contributed by atoms with van der Waals surface area (Å²) in [6, 6.07) is 8.67. The van der Waals surface area contributed by atoms with Gasteiger partial charge in [-0.05, 0) is 42.7 Å². The lowest BCUT2D eigenvalue weighted by molar-refractivity contribution is -0.131. The first-order valence-electron chi connectivity index (χ1n) is 9.91. The molecule has 0 saturated carbocycles. The number of fused-ring (bicyclic) bond motifs is 1. The maximum absolute atomic E-state index is 14.0. The van der Waals surface area contributed by atoms with Crippen molar-refractivity contribution >= 4 is 17.7 Å². The van der Waals surface area contributed by atoms with Crippen LogP contribution in [0.15, 0.2) is 48.6 Å². The average molecular weight is 445 g/mol. The van der Waals surface area contributed by atoms with E-state index in [0.717, 1.165) is 12.1 Å². The van der Waals surface area contributed by atoms with Gasteiger partial charge < -0.3 is 24.4 Å². The van der Waals surface area contributed by atoms with Crippen molar-refractivity contribution in [2.24, 2.45) is 5.41 Å². The summed E-state index contributed by atoms with van der Waals surface area (Å²) in [7, 11) is 0. The Morgan fingerprint density at radius 2 is 1.97 bits per heavy atom. The summed E-state index contributed by atoms with van der Waals surface area (Å²) in [5, 5.41) is 20.9. The molecule has 0 unspecified atom stereocenters. The molecule has 2 aromatic rings. The summed E-state index contributed by atoms with van der Waals surface area (Å²) < 4.78 is 30.3. The molecule has 3 N–H and O–H groups in total. The molecule has 0 spiro atoms. The number of rotatable bonds is 8. The van der Waals surface area contributed by atoms with E-state index in [9.17, 15) is 19.1 Å². The summed E-state index contributed by atoms with van der Waals surface area (Å²) in [5.41, 5.74) is 0.0869. The van der Waals surface area contributed by atoms with E-state index in [1.807, 2.05) is 13.8 Å². The third-order valence-corrected chi connectivity index (χ3v) is 5.04. The fourth-order valence-corrected chi connectivity index (χ4v) is 3.36. The first-order valence-corrected chi connectivity index (χ1v) is 9.91. The van der Waals surface area contributed by atoms with Crippen molar-refractivity contribution in [2.75, 3.05) is 12.1 Å². The molecule has 32 heavy (non-hydrogen) atoms. The van der Waals surface area contributed by atoms with Crippen molar-refractivity contribution in [1.29, 1.82) is 0 Å². The molecule has 0 aromatic heterocycles. The predicted octanol–water partition coefficient (Wildman–Crippen LogP) is 5.00. The number of aromatic hydroxyl groups is 1. The van der Waals surface area contributed by atoms with Crippen LogP contribution in [0.2, 0.25) is 0 Å². The summed E-state index contributed by atoms with van der Waals surface area (Å²) in [4.78, 5) is 23.4. The van der Waals surface area contributed by atoms with Gasteiger partial charge in [0, 0.05) is 23.2 Å². The average Bonchev–Trinajstić information content (AvgIpc) is 3.19. The van der Waals surface area contributed by atoms with Crippen LogP contribution in [0.25, 0.3) is 0 Å². The van der Waals surface area contributed by atoms with Gasteiger partial charge in [-0.3, -0.25) is 5.32 Å². The van der Waals surface area contributed by atoms with Crippen molar-refractivity contribution in [3.05, 3.63) is 59.9 Å². The molecule has 1 heterocycles. The van der Waals surface area contributed by atoms with Crippen LogP contribution in [0.3, 0.4) is 0 Å². The summed E-state index contributed by atoms with van der Waals surface area (Å²) in [6.45, 7) is 3.75. The van der Waals surface area contributed by atoms with Crippen molar-refractivity contribution in [3.63, 3.8) is 0 Å². The lowest BCUT2D eigenvalue weighted by atomic mass is 9.78. The third-order valence-electron chi connectivity index (χ3n) is 5.04. The number of carboxylic acid groups (broad SMARTS) is 1. The molecule has 8 nitrogen and oxygen atoms in total. The number of aliphatic carboxylic acids is 1. The van der Waals surface area contributed by atoms with Gasteiger partial charge in [0.05, 0.1) is 0 Å². The number of phenolic OH excluding ortho intramolecular Hbond substituents is 1. The number of phenols is 1. The van der Waals surface area contributed by atoms with Crippen molar-refractivity contribution < 1.29 is 38.4 Å². The highest BCUT2D eigenvalue weighted by atomic mass is 19.1. The Morgan fingerprint density at radius 1 is 1.22 bits per heavy atom. The Balaban J connectivity index is 1.78. The quantitative estimate of drug-likeness (QED) is 0.490. The van der Waals surface area contributed by atoms with Gasteiger partial charge in [-0.15, -0.1) is 0 Å². The number of hydrogen-bond donors (Lipinski definition) is 3. The molecule has 1 aliphatic heterocycles. The first-order chi connectivity index (χ1) is 15.2. The van der Waals surface area contributed by atoms with Crippen LogP contribution in [0, 0.1) is 11.2 Å². The summed E-state index contributed by atoms with van der Waals surface area (Å²) >= 11 is 0. The number of carbonyl (C=O) groups excluding carboxylic acids is 1. The normalized spacial score (nSPS) is 13.7. The van der Waals surface area contributed by atoms with Crippen LogP contribution < -0.4 is 14.8 Å². The second-order valence-corrected chi connectivity index (χ2v) is 7.96. The molecule has 0 bridgehead atoms. The lowest BCUT2D eigenvalue weighted by Crippen LogP contribution is -2.29. The Bertz CT molecular complexity index is 1040. The minimum Gasteiger partial charge on any atom is -0.505 e. The van der Waals surface area contributed by atoms with E-state index in [4.69, 9.17) is 19.3 Å². The predicted molar refractivity (Wildman–Crippen MR) is 113 cm³/mol. The number of ether oxygens (including phenoxy) is 3. The summed E-state index contributed by atoms with van der Waals surface area (Å²) in [6.07, 6.45) is 1.75. The molecular formula is C23H24FNO7. The fourth-order valence-electron chi connectivity index (χ4n) is 3.36. The summed E-state index contributed by atoms with van der Waals surface area (Å²) in [5.74, 6) is -1.35. The van der Waals surface area contributed by atoms with Crippen LogP contribution in [-0.4, -0.2) is 29.1 Å². The van der Waals surface area contributed by atoms with E-state index in [0.29, 0.717) is 35.6 Å². The molecule has 1 atom stereocenters. The van der Waals surface area contributed by atoms with E-state index in [2.05, 4.69) is 5.32 Å². The smallest absolute Gasteiger partial charge is 0.412 e. The Labute approximate surface area is 184 Å². The van der Waals surface area contributed by atoms with Crippen molar-refractivity contribution in [2.45, 2.75) is 32.8 Å². The number of carbonyl (C=O) groups is 2. The van der Waals surface area contributed by atoms with E-state index < -0.39 is 35.1 Å². The number of hydrogen-bond acceptors (Lipinski definition) is 6. The SMILES string of the molecule is CC(C)(CC/C=C/C(=O)O)[C@@H](OC(=O)Nc1ccc2c(c1)OCO2)c1ccc(O)c(F)c1. The molecule has 1 amide bonds. The first kappa shape index (κ1) is 22.9. The Hall–Kier alpha value is -3.75. The number of benzene rings is 2. The zero-order valence-corrected chi connectivity index (χ0v) is 17.6. The zero-order chi connectivity index (χ0) is 23.3. The number of anilines is 1. The molecule has 0 radical (unpaired) electrons. The van der Waals surface area contributed by atoms with Gasteiger partial charge >= 0.3 is 12.1 Å². The number of amides is 1. The number of carboxylic acids is 1. The molecular weight excluding hydrogens is 421 g/mol. The van der Waals surface area contributed by atoms with Gasteiger partial charge in [0.2, 0.25) is 6.79 Å². The molecule has 2 aromatic carbocycles. The van der Waals surface area contributed by atoms with Crippen LogP contribution in [0.5, 0.6) is 17.2 Å². The highest BCUT2D eigenvalue weighted by Crippen LogP contribution is 2.42. The van der Waals surface area contributed by atoms with Crippen LogP contribution in [0.1, 0.15) is 38.4 Å². The van der Waals surface area contributed by atoms with Crippen molar-refractivity contribution in [3.8, 4) is 17.2 Å². The van der Waals surface area contributed by atoms with Gasteiger partial charge in [-0.1, -0.05) is 26.0 Å². The second kappa shape index (κ2) is 9.59. The maximum Gasteiger partial charge on any atom is 0.412 e. The van der Waals surface area contributed by atoms with Gasteiger partial charge in [-0.25, -0.2) is 14.0 Å². The number of nitrogens with one attached hydrogen (secondary N) is 1. The largest absolute Gasteiger partial charge is 0.505 e. The molecule has 9 heteroatoms. The highest BCUT2D eigenvalue weighted by molar-refractivity contribution is 5.85. The molecule has 0 fully saturated rings. The Kier molecular flexibility index (Phi) is 6.87. The standard InChI is InChI=1S/C23H24FNO7/c1-23(2,10-4-3-5-20(27)28)21(14-6-8-17(26)16(24)11-14)32-22(29)25-15-7-9-18-19(12-15)31-13-30-18/h3,5-9,11-12,21,26H,4,10,13H2,1-2H3,(H,25,29)(H,27,28)/b5-3+/t21-/m0/s1. The maximum atomic E-state index is 14.0. The van der Waals surface area contributed by atoms with Crippen LogP contribution in [0.4, 0.5) is 14.9 Å².